The molecular weight excluding hydrogens is 454 g/mol. The van der Waals surface area contributed by atoms with Crippen LogP contribution in [0.5, 0.6) is 0 Å². The van der Waals surface area contributed by atoms with E-state index >= 15 is 0 Å². The molecule has 3 heterocycles. The standard InChI is InChI=1S/C28H35N5OS/c1-28(2,3)32-35-25-6-4-5-24(18-25)33-14-11-22-19-29-27(31-26(22)33)30-23-9-7-20(8-10-23)17-21-12-15-34-16-13-21/h4-10,18-19,21,32H,11-17H2,1-3H3,(H,29,30,31). The first-order valence-electron chi connectivity index (χ1n) is 12.5. The topological polar surface area (TPSA) is 62.3 Å². The van der Waals surface area contributed by atoms with Crippen LogP contribution in [0.25, 0.3) is 0 Å². The van der Waals surface area contributed by atoms with Crippen LogP contribution in [0.15, 0.2) is 59.6 Å². The fourth-order valence-electron chi connectivity index (χ4n) is 4.52. The second kappa shape index (κ2) is 10.6. The third kappa shape index (κ3) is 6.34. The molecule has 0 spiro atoms. The summed E-state index contributed by atoms with van der Waals surface area (Å²) in [6.07, 6.45) is 6.36. The number of anilines is 4. The summed E-state index contributed by atoms with van der Waals surface area (Å²) in [5.41, 5.74) is 4.79. The van der Waals surface area contributed by atoms with Crippen LogP contribution in [-0.4, -0.2) is 35.3 Å². The minimum Gasteiger partial charge on any atom is -0.381 e. The first-order valence-corrected chi connectivity index (χ1v) is 13.4. The number of hydrogen-bond donors (Lipinski definition) is 2. The van der Waals surface area contributed by atoms with Crippen LogP contribution in [0.1, 0.15) is 44.7 Å². The quantitative estimate of drug-likeness (QED) is 0.379. The van der Waals surface area contributed by atoms with Gasteiger partial charge in [0.1, 0.15) is 5.82 Å². The van der Waals surface area contributed by atoms with Gasteiger partial charge in [0.2, 0.25) is 5.95 Å². The van der Waals surface area contributed by atoms with Crippen LogP contribution in [0.3, 0.4) is 0 Å². The van der Waals surface area contributed by atoms with E-state index in [0.717, 1.165) is 68.6 Å². The van der Waals surface area contributed by atoms with Gasteiger partial charge in [-0.05, 0) is 100 Å². The van der Waals surface area contributed by atoms with Crippen LogP contribution in [-0.2, 0) is 17.6 Å². The Bertz CT molecular complexity index is 1140. The highest BCUT2D eigenvalue weighted by atomic mass is 32.2. The van der Waals surface area contributed by atoms with Gasteiger partial charge >= 0.3 is 0 Å². The molecule has 0 unspecified atom stereocenters. The van der Waals surface area contributed by atoms with Gasteiger partial charge in [-0.3, -0.25) is 4.72 Å². The largest absolute Gasteiger partial charge is 0.381 e. The van der Waals surface area contributed by atoms with Gasteiger partial charge in [-0.2, -0.15) is 4.98 Å². The highest BCUT2D eigenvalue weighted by molar-refractivity contribution is 7.97. The molecule has 35 heavy (non-hydrogen) atoms. The van der Waals surface area contributed by atoms with E-state index in [1.165, 1.54) is 16.0 Å². The van der Waals surface area contributed by atoms with E-state index in [1.54, 1.807) is 11.9 Å². The fourth-order valence-corrected chi connectivity index (χ4v) is 5.27. The number of fused-ring (bicyclic) bond motifs is 1. The van der Waals surface area contributed by atoms with E-state index in [0.29, 0.717) is 5.95 Å². The molecule has 184 valence electrons. The molecule has 0 atom stereocenters. The molecule has 1 saturated heterocycles. The summed E-state index contributed by atoms with van der Waals surface area (Å²) in [5, 5.41) is 3.40. The molecule has 1 fully saturated rings. The Hall–Kier alpha value is -2.61. The molecule has 1 aromatic heterocycles. The number of nitrogens with one attached hydrogen (secondary N) is 2. The van der Waals surface area contributed by atoms with Crippen molar-refractivity contribution in [2.24, 2.45) is 5.92 Å². The molecule has 0 aliphatic carbocycles. The molecule has 5 rings (SSSR count). The van der Waals surface area contributed by atoms with Crippen LogP contribution in [0, 0.1) is 5.92 Å². The maximum atomic E-state index is 5.49. The Morgan fingerprint density at radius 3 is 2.66 bits per heavy atom. The maximum Gasteiger partial charge on any atom is 0.229 e. The molecular formula is C28H35N5OS. The zero-order valence-electron chi connectivity index (χ0n) is 20.9. The molecule has 2 aliphatic heterocycles. The van der Waals surface area contributed by atoms with Crippen LogP contribution in [0.4, 0.5) is 23.1 Å². The number of ether oxygens (including phenoxy) is 1. The summed E-state index contributed by atoms with van der Waals surface area (Å²) in [6, 6.07) is 17.3. The van der Waals surface area contributed by atoms with Gasteiger partial charge in [0.05, 0.1) is 0 Å². The molecule has 0 bridgehead atoms. The summed E-state index contributed by atoms with van der Waals surface area (Å²) in [7, 11) is 0. The SMILES string of the molecule is CC(C)(C)NSc1cccc(N2CCc3cnc(Nc4ccc(CC5CCOCC5)cc4)nc32)c1. The molecule has 6 nitrogen and oxygen atoms in total. The predicted molar refractivity (Wildman–Crippen MR) is 145 cm³/mol. The molecule has 2 aliphatic rings. The minimum absolute atomic E-state index is 0.0533. The predicted octanol–water partition coefficient (Wildman–Crippen LogP) is 6.28. The van der Waals surface area contributed by atoms with E-state index < -0.39 is 0 Å². The van der Waals surface area contributed by atoms with E-state index in [4.69, 9.17) is 9.72 Å². The lowest BCUT2D eigenvalue weighted by molar-refractivity contribution is 0.0665. The van der Waals surface area contributed by atoms with Crippen LogP contribution < -0.4 is 14.9 Å². The zero-order chi connectivity index (χ0) is 24.3. The Morgan fingerprint density at radius 2 is 1.89 bits per heavy atom. The van der Waals surface area contributed by atoms with Crippen molar-refractivity contribution in [3.8, 4) is 0 Å². The van der Waals surface area contributed by atoms with Gasteiger partial charge < -0.3 is 15.0 Å². The summed E-state index contributed by atoms with van der Waals surface area (Å²) in [4.78, 5) is 13.0. The Labute approximate surface area is 213 Å². The maximum absolute atomic E-state index is 5.49. The van der Waals surface area contributed by atoms with Crippen molar-refractivity contribution in [2.75, 3.05) is 30.0 Å². The Balaban J connectivity index is 1.27. The lowest BCUT2D eigenvalue weighted by atomic mass is 9.92. The third-order valence-corrected chi connectivity index (χ3v) is 7.59. The number of aromatic nitrogens is 2. The van der Waals surface area contributed by atoms with Crippen molar-refractivity contribution in [1.29, 1.82) is 0 Å². The number of benzene rings is 2. The van der Waals surface area contributed by atoms with Crippen molar-refractivity contribution in [2.45, 2.75) is 56.9 Å². The zero-order valence-corrected chi connectivity index (χ0v) is 21.7. The van der Waals surface area contributed by atoms with E-state index in [2.05, 4.69) is 89.2 Å². The summed E-state index contributed by atoms with van der Waals surface area (Å²) >= 11 is 1.67. The first-order chi connectivity index (χ1) is 16.9. The molecule has 3 aromatic rings. The van der Waals surface area contributed by atoms with Gasteiger partial charge in [-0.25, -0.2) is 4.98 Å². The first kappa shape index (κ1) is 24.1. The molecule has 0 radical (unpaired) electrons. The normalized spacial score (nSPS) is 16.4. The van der Waals surface area contributed by atoms with E-state index in [1.807, 2.05) is 6.20 Å². The van der Waals surface area contributed by atoms with Crippen molar-refractivity contribution in [1.82, 2.24) is 14.7 Å². The Kier molecular flexibility index (Phi) is 7.27. The van der Waals surface area contributed by atoms with Crippen molar-refractivity contribution >= 4 is 35.1 Å². The van der Waals surface area contributed by atoms with Gasteiger partial charge in [0.15, 0.2) is 0 Å². The van der Waals surface area contributed by atoms with E-state index in [-0.39, 0.29) is 5.54 Å². The van der Waals surface area contributed by atoms with Gasteiger partial charge in [-0.15, -0.1) is 0 Å². The highest BCUT2D eigenvalue weighted by Gasteiger charge is 2.24. The second-order valence-electron chi connectivity index (χ2n) is 10.5. The third-order valence-electron chi connectivity index (χ3n) is 6.38. The lowest BCUT2D eigenvalue weighted by Crippen LogP contribution is -2.29. The summed E-state index contributed by atoms with van der Waals surface area (Å²) in [6.45, 7) is 9.22. The fraction of sp³-hybridized carbons (Fsp3) is 0.429. The molecule has 2 N–H and O–H groups in total. The minimum atomic E-state index is 0.0533. The van der Waals surface area contributed by atoms with Crippen LogP contribution >= 0.6 is 11.9 Å². The average Bonchev–Trinajstić information content (AvgIpc) is 3.28. The number of nitrogens with zero attached hydrogens (tertiary/aromatic N) is 3. The number of hydrogen-bond acceptors (Lipinski definition) is 7. The smallest absolute Gasteiger partial charge is 0.229 e. The Morgan fingerprint density at radius 1 is 1.09 bits per heavy atom. The van der Waals surface area contributed by atoms with Gasteiger partial charge in [0.25, 0.3) is 0 Å². The van der Waals surface area contributed by atoms with Crippen LogP contribution in [0.2, 0.25) is 0 Å². The lowest BCUT2D eigenvalue weighted by Gasteiger charge is -2.22. The van der Waals surface area contributed by atoms with Gasteiger partial charge in [-0.1, -0.05) is 18.2 Å². The molecule has 7 heteroatoms. The van der Waals surface area contributed by atoms with Crippen molar-refractivity contribution in [3.05, 3.63) is 65.9 Å². The highest BCUT2D eigenvalue weighted by Crippen LogP contribution is 2.35. The second-order valence-corrected chi connectivity index (χ2v) is 11.4. The van der Waals surface area contributed by atoms with Gasteiger partial charge in [0, 0.05) is 53.3 Å². The summed E-state index contributed by atoms with van der Waals surface area (Å²) in [5.74, 6) is 2.35. The number of rotatable bonds is 7. The molecule has 2 aromatic carbocycles. The average molecular weight is 490 g/mol. The summed E-state index contributed by atoms with van der Waals surface area (Å²) < 4.78 is 8.98. The van der Waals surface area contributed by atoms with E-state index in [9.17, 15) is 0 Å². The van der Waals surface area contributed by atoms with Crippen molar-refractivity contribution in [3.63, 3.8) is 0 Å². The molecule has 0 saturated carbocycles. The molecule has 0 amide bonds. The monoisotopic (exact) mass is 489 g/mol. The van der Waals surface area contributed by atoms with Crippen molar-refractivity contribution < 1.29 is 4.74 Å².